The van der Waals surface area contributed by atoms with Gasteiger partial charge in [0.15, 0.2) is 0 Å². The van der Waals surface area contributed by atoms with Crippen molar-refractivity contribution in [3.8, 4) is 0 Å². The lowest BCUT2D eigenvalue weighted by Crippen LogP contribution is -2.07. The minimum absolute atomic E-state index is 0.0595. The Hall–Kier alpha value is -1.58. The van der Waals surface area contributed by atoms with Crippen LogP contribution in [0.2, 0.25) is 0 Å². The zero-order valence-electron chi connectivity index (χ0n) is 7.37. The Labute approximate surface area is 85.7 Å². The minimum atomic E-state index is -9.83. The standard InChI is InChI=1S/C6H5F5N2O2S/c7-16(8,9,10,11)4-1-2-6(13(14)15)5(12)3-4/h1-3H,12H2. The molecule has 0 amide bonds. The predicted octanol–water partition coefficient (Wildman–Crippen LogP) is 3.83. The maximum atomic E-state index is 12.2. The molecule has 0 radical (unpaired) electrons. The van der Waals surface area contributed by atoms with Gasteiger partial charge in [0, 0.05) is 6.07 Å². The van der Waals surface area contributed by atoms with E-state index >= 15 is 0 Å². The molecular weight excluding hydrogens is 259 g/mol. The number of benzene rings is 1. The van der Waals surface area contributed by atoms with Crippen molar-refractivity contribution in [3.63, 3.8) is 0 Å². The van der Waals surface area contributed by atoms with Gasteiger partial charge in [0.2, 0.25) is 0 Å². The van der Waals surface area contributed by atoms with E-state index in [9.17, 15) is 29.5 Å². The molecule has 2 N–H and O–H groups in total. The van der Waals surface area contributed by atoms with Crippen LogP contribution in [0.15, 0.2) is 23.1 Å². The Kier molecular flexibility index (Phi) is 2.00. The van der Waals surface area contributed by atoms with E-state index in [4.69, 9.17) is 5.73 Å². The highest BCUT2D eigenvalue weighted by Crippen LogP contribution is 3.02. The lowest BCUT2D eigenvalue weighted by atomic mass is 10.3. The highest BCUT2D eigenvalue weighted by Gasteiger charge is 2.65. The van der Waals surface area contributed by atoms with E-state index in [-0.39, 0.29) is 12.1 Å². The van der Waals surface area contributed by atoms with Crippen LogP contribution in [0.1, 0.15) is 0 Å². The van der Waals surface area contributed by atoms with Crippen LogP contribution in [-0.2, 0) is 0 Å². The Balaban J connectivity index is 3.45. The van der Waals surface area contributed by atoms with E-state index in [2.05, 4.69) is 0 Å². The maximum Gasteiger partial charge on any atom is 0.310 e. The maximum absolute atomic E-state index is 12.2. The molecule has 0 atom stereocenters. The number of hydrogen-bond acceptors (Lipinski definition) is 3. The van der Waals surface area contributed by atoms with Crippen molar-refractivity contribution in [1.82, 2.24) is 0 Å². The van der Waals surface area contributed by atoms with Crippen LogP contribution >= 0.6 is 10.2 Å². The summed E-state index contributed by atoms with van der Waals surface area (Å²) in [6.45, 7) is 0. The molecule has 0 unspecified atom stereocenters. The van der Waals surface area contributed by atoms with Crippen molar-refractivity contribution in [3.05, 3.63) is 28.3 Å². The lowest BCUT2D eigenvalue weighted by Gasteiger charge is -2.40. The molecule has 0 spiro atoms. The Morgan fingerprint density at radius 3 is 2.00 bits per heavy atom. The van der Waals surface area contributed by atoms with Gasteiger partial charge in [0.1, 0.15) is 10.6 Å². The van der Waals surface area contributed by atoms with Crippen molar-refractivity contribution in [2.45, 2.75) is 4.90 Å². The van der Waals surface area contributed by atoms with Crippen molar-refractivity contribution in [1.29, 1.82) is 0 Å². The third kappa shape index (κ3) is 2.51. The van der Waals surface area contributed by atoms with Crippen LogP contribution in [0.4, 0.5) is 30.8 Å². The molecule has 0 saturated heterocycles. The number of nitrogens with zero attached hydrogens (tertiary/aromatic N) is 1. The highest BCUT2D eigenvalue weighted by atomic mass is 32.5. The van der Waals surface area contributed by atoms with Gasteiger partial charge >= 0.3 is 10.2 Å². The quantitative estimate of drug-likeness (QED) is 0.382. The Morgan fingerprint density at radius 2 is 1.69 bits per heavy atom. The van der Waals surface area contributed by atoms with Gasteiger partial charge in [-0.15, -0.1) is 0 Å². The van der Waals surface area contributed by atoms with E-state index in [0.29, 0.717) is 6.07 Å². The van der Waals surface area contributed by atoms with Crippen LogP contribution in [0, 0.1) is 10.1 Å². The molecule has 0 aliphatic heterocycles. The normalized spacial score (nSPS) is 16.3. The molecule has 0 aromatic heterocycles. The molecule has 4 nitrogen and oxygen atoms in total. The summed E-state index contributed by atoms with van der Waals surface area (Å²) in [5.41, 5.74) is 3.06. The fourth-order valence-corrected chi connectivity index (χ4v) is 1.61. The fourth-order valence-electron chi connectivity index (χ4n) is 0.939. The van der Waals surface area contributed by atoms with E-state index in [1.54, 1.807) is 0 Å². The summed E-state index contributed by atoms with van der Waals surface area (Å²) in [6, 6.07) is 0.0955. The molecule has 1 rings (SSSR count). The minimum Gasteiger partial charge on any atom is -0.393 e. The summed E-state index contributed by atoms with van der Waals surface area (Å²) >= 11 is 0. The topological polar surface area (TPSA) is 69.2 Å². The molecule has 16 heavy (non-hydrogen) atoms. The van der Waals surface area contributed by atoms with E-state index in [1.807, 2.05) is 0 Å². The Bertz CT molecular complexity index is 471. The van der Waals surface area contributed by atoms with Gasteiger partial charge in [-0.1, -0.05) is 19.4 Å². The molecule has 0 fully saturated rings. The van der Waals surface area contributed by atoms with Crippen molar-refractivity contribution in [2.75, 3.05) is 5.73 Å². The summed E-state index contributed by atoms with van der Waals surface area (Å²) in [6.07, 6.45) is 0. The number of anilines is 1. The summed E-state index contributed by atoms with van der Waals surface area (Å²) in [4.78, 5) is 6.90. The number of nitrogen functional groups attached to an aromatic ring is 1. The van der Waals surface area contributed by atoms with Gasteiger partial charge in [-0.25, -0.2) is 0 Å². The molecule has 0 saturated carbocycles. The van der Waals surface area contributed by atoms with Crippen LogP contribution in [0.3, 0.4) is 0 Å². The molecule has 1 aromatic rings. The molecule has 10 heteroatoms. The number of hydrogen-bond donors (Lipinski definition) is 1. The van der Waals surface area contributed by atoms with E-state index in [1.165, 1.54) is 0 Å². The van der Waals surface area contributed by atoms with Gasteiger partial charge in [0.05, 0.1) is 4.92 Å². The third-order valence-corrected chi connectivity index (χ3v) is 2.79. The summed E-state index contributed by atoms with van der Waals surface area (Å²) in [5, 5.41) is 10.2. The van der Waals surface area contributed by atoms with Crippen molar-refractivity contribution >= 4 is 21.6 Å². The number of halogens is 5. The van der Waals surface area contributed by atoms with Crippen LogP contribution in [0.25, 0.3) is 0 Å². The monoisotopic (exact) mass is 264 g/mol. The number of nitro groups is 1. The number of nitrogens with two attached hydrogens (primary N) is 1. The largest absolute Gasteiger partial charge is 0.393 e. The van der Waals surface area contributed by atoms with Crippen molar-refractivity contribution < 1.29 is 24.4 Å². The first-order valence-corrected chi connectivity index (χ1v) is 5.54. The van der Waals surface area contributed by atoms with Crippen LogP contribution in [0.5, 0.6) is 0 Å². The van der Waals surface area contributed by atoms with Gasteiger partial charge in [0.25, 0.3) is 5.69 Å². The third-order valence-electron chi connectivity index (χ3n) is 1.64. The van der Waals surface area contributed by atoms with Crippen LogP contribution < -0.4 is 5.73 Å². The first kappa shape index (κ1) is 12.5. The number of rotatable bonds is 2. The lowest BCUT2D eigenvalue weighted by molar-refractivity contribution is -0.383. The number of nitro benzene ring substituents is 1. The average Bonchev–Trinajstić information content (AvgIpc) is 1.98. The smallest absolute Gasteiger partial charge is 0.310 e. The molecule has 0 aliphatic rings. The molecule has 0 heterocycles. The SMILES string of the molecule is Nc1cc(S(F)(F)(F)(F)F)ccc1[N+](=O)[O-]. The average molecular weight is 264 g/mol. The predicted molar refractivity (Wildman–Crippen MR) is 48.9 cm³/mol. The van der Waals surface area contributed by atoms with Gasteiger partial charge in [-0.2, -0.15) is 0 Å². The van der Waals surface area contributed by atoms with E-state index < -0.39 is 31.4 Å². The summed E-state index contributed by atoms with van der Waals surface area (Å²) in [5.74, 6) is 0. The van der Waals surface area contributed by atoms with Gasteiger partial charge < -0.3 is 5.73 Å². The zero-order valence-corrected chi connectivity index (χ0v) is 8.19. The van der Waals surface area contributed by atoms with Gasteiger partial charge in [-0.05, 0) is 12.1 Å². The van der Waals surface area contributed by atoms with Crippen LogP contribution in [-0.4, -0.2) is 4.92 Å². The molecule has 0 bridgehead atoms. The Morgan fingerprint density at radius 1 is 1.19 bits per heavy atom. The molecule has 0 aliphatic carbocycles. The summed E-state index contributed by atoms with van der Waals surface area (Å²) < 4.78 is 61.2. The second-order valence-corrected chi connectivity index (χ2v) is 5.36. The fraction of sp³-hybridized carbons (Fsp3) is 0. The molecular formula is C6H5F5N2O2S. The molecule has 92 valence electrons. The first-order chi connectivity index (χ1) is 6.81. The highest BCUT2D eigenvalue weighted by molar-refractivity contribution is 8.45. The second-order valence-electron chi connectivity index (χ2n) is 2.95. The zero-order chi connectivity index (χ0) is 12.8. The van der Waals surface area contributed by atoms with Crippen molar-refractivity contribution in [2.24, 2.45) is 0 Å². The summed E-state index contributed by atoms with van der Waals surface area (Å²) in [7, 11) is -9.83. The first-order valence-electron chi connectivity index (χ1n) is 3.59. The second kappa shape index (κ2) is 2.56. The van der Waals surface area contributed by atoms with E-state index in [0.717, 1.165) is 0 Å². The molecule has 1 aromatic carbocycles. The van der Waals surface area contributed by atoms with Gasteiger partial charge in [-0.3, -0.25) is 10.1 Å².